The number of nitrogens with one attached hydrogen (secondary N) is 6. The van der Waals surface area contributed by atoms with Crippen molar-refractivity contribution >= 4 is 36.0 Å². The number of carbonyl (C=O) groups is 6. The van der Waals surface area contributed by atoms with Gasteiger partial charge in [0.15, 0.2) is 0 Å². The van der Waals surface area contributed by atoms with E-state index in [1.54, 1.807) is 28.4 Å². The molecule has 0 saturated carbocycles. The fourth-order valence-corrected chi connectivity index (χ4v) is 10.6. The molecule has 9 unspecified atom stereocenters. The summed E-state index contributed by atoms with van der Waals surface area (Å²) in [6, 6.07) is 4.12. The predicted molar refractivity (Wildman–Crippen MR) is 284 cm³/mol. The van der Waals surface area contributed by atoms with Crippen LogP contribution >= 0.6 is 0 Å². The van der Waals surface area contributed by atoms with Crippen molar-refractivity contribution in [2.24, 2.45) is 35.5 Å². The van der Waals surface area contributed by atoms with Crippen LogP contribution in [0.25, 0.3) is 0 Å². The summed E-state index contributed by atoms with van der Waals surface area (Å²) in [4.78, 5) is 109. The molecule has 0 radical (unpaired) electrons. The van der Waals surface area contributed by atoms with Crippen LogP contribution in [0.15, 0.2) is 42.9 Å². The number of imidazole rings is 3. The Labute approximate surface area is 450 Å². The van der Waals surface area contributed by atoms with E-state index in [4.69, 9.17) is 19.2 Å². The Hall–Kier alpha value is -7.81. The topological polar surface area (TPSA) is 262 Å². The van der Waals surface area contributed by atoms with Gasteiger partial charge < -0.3 is 59.8 Å². The molecule has 412 valence electrons. The third-order valence-electron chi connectivity index (χ3n) is 14.7. The largest absolute Gasteiger partial charge is 0.453 e. The second-order valence-electron chi connectivity index (χ2n) is 21.6. The lowest BCUT2D eigenvalue weighted by atomic mass is 9.92. The zero-order chi connectivity index (χ0) is 55.7. The number of aryl methyl sites for hydroxylation is 1. The highest BCUT2D eigenvalue weighted by atomic mass is 16.5. The maximum Gasteiger partial charge on any atom is 0.407 e. The van der Waals surface area contributed by atoms with Gasteiger partial charge in [-0.15, -0.1) is 0 Å². The summed E-state index contributed by atoms with van der Waals surface area (Å²) in [6.07, 6.45) is 6.58. The van der Waals surface area contributed by atoms with Gasteiger partial charge in [-0.3, -0.25) is 14.4 Å². The van der Waals surface area contributed by atoms with Gasteiger partial charge in [0.05, 0.1) is 51.8 Å². The molecule has 3 saturated heterocycles. The molecule has 3 aliphatic rings. The van der Waals surface area contributed by atoms with Crippen molar-refractivity contribution in [2.45, 2.75) is 124 Å². The monoisotopic (exact) mass is 1060 g/mol. The first-order valence-electron chi connectivity index (χ1n) is 26.5. The molecule has 4 aromatic rings. The zero-order valence-electron chi connectivity index (χ0n) is 46.0. The van der Waals surface area contributed by atoms with Crippen LogP contribution in [0.1, 0.15) is 144 Å². The molecule has 6 heterocycles. The normalized spacial score (nSPS) is 21.2. The van der Waals surface area contributed by atoms with Gasteiger partial charge in [-0.25, -0.2) is 29.3 Å². The maximum absolute atomic E-state index is 14.5. The molecule has 77 heavy (non-hydrogen) atoms. The molecular formula is C56H74N12O9. The Bertz CT molecular complexity index is 2870. The van der Waals surface area contributed by atoms with Gasteiger partial charge in [0.2, 0.25) is 17.7 Å². The number of likely N-dealkylation sites (tertiary alicyclic amines) is 3. The Morgan fingerprint density at radius 1 is 0.545 bits per heavy atom. The summed E-state index contributed by atoms with van der Waals surface area (Å²) >= 11 is 0. The molecule has 0 bridgehead atoms. The van der Waals surface area contributed by atoms with E-state index in [-0.39, 0.29) is 65.3 Å². The Balaban J connectivity index is 1.03. The van der Waals surface area contributed by atoms with E-state index in [2.05, 4.69) is 71.5 Å². The van der Waals surface area contributed by atoms with Crippen LogP contribution in [0.5, 0.6) is 0 Å². The summed E-state index contributed by atoms with van der Waals surface area (Å²) in [7, 11) is 3.81. The lowest BCUT2D eigenvalue weighted by molar-refractivity contribution is -0.136. The molecule has 6 amide bonds. The number of alkyl carbamates (subject to hydrolysis) is 3. The minimum absolute atomic E-state index is 0.0721. The number of hydrogen-bond acceptors (Lipinski definition) is 12. The standard InChI is InChI=1S/C56H74N12O9/c1-31(2)45(63-54(72)75-9)51(69)66-28-34(7)22-42(66)49-58-26-40(61-49)20-18-36-12-14-37(15-13-36)19-21-41-27-59-50(62-41)44-24-39(30-68(44)53(71)47(33(5)6)65-56(74)77-11)17-16-38-23-43(48-57-25-35(8)60-48)67(29-38)52(70)46(32(3)4)64-55(73)76-10/h12-15,25-27,31-34,38-39,42-47H,16-17,22-24,28-30H2,1-11H3,(H,57,60)(H,58,61)(H,59,62)(H,63,72)(H,64,73)(H,65,74). The van der Waals surface area contributed by atoms with Gasteiger partial charge in [-0.1, -0.05) is 60.3 Å². The van der Waals surface area contributed by atoms with Gasteiger partial charge >= 0.3 is 18.3 Å². The lowest BCUT2D eigenvalue weighted by Crippen LogP contribution is -2.51. The van der Waals surface area contributed by atoms with E-state index in [9.17, 15) is 28.8 Å². The molecule has 3 fully saturated rings. The second kappa shape index (κ2) is 25.4. The number of H-pyrrole nitrogens is 3. The van der Waals surface area contributed by atoms with Crippen LogP contribution < -0.4 is 16.0 Å². The number of methoxy groups -OCH3 is 3. The van der Waals surface area contributed by atoms with Crippen molar-refractivity contribution in [3.05, 3.63) is 88.5 Å². The highest BCUT2D eigenvalue weighted by molar-refractivity contribution is 5.88. The minimum atomic E-state index is -0.840. The fourth-order valence-electron chi connectivity index (χ4n) is 10.6. The fraction of sp³-hybridized carbons (Fsp3) is 0.554. The average molecular weight is 1060 g/mol. The average Bonchev–Trinajstić information content (AvgIpc) is 4.31. The summed E-state index contributed by atoms with van der Waals surface area (Å²) in [6.45, 7) is 16.7. The number of rotatable bonds is 15. The number of amides is 6. The number of nitrogens with zero attached hydrogens (tertiary/aromatic N) is 6. The molecular weight excluding hydrogens is 985 g/mol. The van der Waals surface area contributed by atoms with Gasteiger partial charge in [0, 0.05) is 42.7 Å². The van der Waals surface area contributed by atoms with Crippen molar-refractivity contribution in [1.82, 2.24) is 60.6 Å². The predicted octanol–water partition coefficient (Wildman–Crippen LogP) is 6.27. The second-order valence-corrected chi connectivity index (χ2v) is 21.6. The Kier molecular flexibility index (Phi) is 18.7. The summed E-state index contributed by atoms with van der Waals surface area (Å²) < 4.78 is 14.5. The van der Waals surface area contributed by atoms with E-state index >= 15 is 0 Å². The molecule has 7 rings (SSSR count). The lowest BCUT2D eigenvalue weighted by Gasteiger charge is -2.30. The molecule has 21 heteroatoms. The van der Waals surface area contributed by atoms with Crippen LogP contribution in [0.2, 0.25) is 0 Å². The van der Waals surface area contributed by atoms with Crippen molar-refractivity contribution in [2.75, 3.05) is 41.0 Å². The quantitative estimate of drug-likeness (QED) is 0.0568. The van der Waals surface area contributed by atoms with Crippen molar-refractivity contribution in [1.29, 1.82) is 0 Å². The number of benzene rings is 1. The van der Waals surface area contributed by atoms with Crippen LogP contribution in [-0.4, -0.2) is 140 Å². The zero-order valence-corrected chi connectivity index (χ0v) is 46.0. The number of carbonyl (C=O) groups excluding carboxylic acids is 6. The Morgan fingerprint density at radius 3 is 1.25 bits per heavy atom. The third-order valence-corrected chi connectivity index (χ3v) is 14.7. The number of aromatic amines is 3. The Morgan fingerprint density at radius 2 is 0.896 bits per heavy atom. The number of aromatic nitrogens is 6. The van der Waals surface area contributed by atoms with Crippen LogP contribution in [-0.2, 0) is 28.6 Å². The van der Waals surface area contributed by atoms with E-state index < -0.39 is 42.4 Å². The van der Waals surface area contributed by atoms with Gasteiger partial charge in [0.25, 0.3) is 0 Å². The molecule has 6 N–H and O–H groups in total. The van der Waals surface area contributed by atoms with E-state index in [0.29, 0.717) is 67.8 Å². The summed E-state index contributed by atoms with van der Waals surface area (Å²) in [5, 5.41) is 8.17. The first-order valence-corrected chi connectivity index (χ1v) is 26.5. The van der Waals surface area contributed by atoms with E-state index in [1.165, 1.54) is 21.3 Å². The molecule has 0 aliphatic carbocycles. The van der Waals surface area contributed by atoms with Crippen molar-refractivity contribution < 1.29 is 43.0 Å². The van der Waals surface area contributed by atoms with Gasteiger partial charge in [-0.2, -0.15) is 0 Å². The van der Waals surface area contributed by atoms with Gasteiger partial charge in [0.1, 0.15) is 47.0 Å². The number of hydrogen-bond donors (Lipinski definition) is 6. The molecule has 1 aromatic carbocycles. The molecule has 3 aliphatic heterocycles. The summed E-state index contributed by atoms with van der Waals surface area (Å²) in [5.74, 6) is 13.9. The molecule has 21 nitrogen and oxygen atoms in total. The molecule has 9 atom stereocenters. The van der Waals surface area contributed by atoms with Crippen molar-refractivity contribution in [3.63, 3.8) is 0 Å². The smallest absolute Gasteiger partial charge is 0.407 e. The third kappa shape index (κ3) is 14.0. The van der Waals surface area contributed by atoms with E-state index in [1.807, 2.05) is 77.6 Å². The number of ether oxygens (including phenoxy) is 3. The SMILES string of the molecule is COC(=O)NC(C(=O)N1CC(CCC2CC(c3ncc(C#Cc4ccc(C#Cc5cnc(C6CC(C)CN6C(=O)C(NC(=O)OC)C(C)C)[nH]5)cc4)[nH]3)N(C(=O)C(NC(=O)OC)C(C)C)C2)CC1c1ncc(C)[nH]1)C(C)C. The van der Waals surface area contributed by atoms with E-state index in [0.717, 1.165) is 29.7 Å². The van der Waals surface area contributed by atoms with Crippen LogP contribution in [0.3, 0.4) is 0 Å². The molecule has 3 aromatic heterocycles. The highest BCUT2D eigenvalue weighted by Gasteiger charge is 2.45. The first-order chi connectivity index (χ1) is 36.8. The maximum atomic E-state index is 14.5. The summed E-state index contributed by atoms with van der Waals surface area (Å²) in [5.41, 5.74) is 3.56. The van der Waals surface area contributed by atoms with Gasteiger partial charge in [-0.05, 0) is 111 Å². The minimum Gasteiger partial charge on any atom is -0.453 e. The first kappa shape index (κ1) is 56.9. The van der Waals surface area contributed by atoms with Crippen molar-refractivity contribution in [3.8, 4) is 23.7 Å². The molecule has 0 spiro atoms. The highest BCUT2D eigenvalue weighted by Crippen LogP contribution is 2.42. The van der Waals surface area contributed by atoms with Crippen LogP contribution in [0, 0.1) is 66.1 Å². The van der Waals surface area contributed by atoms with Crippen LogP contribution in [0.4, 0.5) is 14.4 Å².